The molecule has 1 aliphatic rings. The average molecular weight is 308 g/mol. The van der Waals surface area contributed by atoms with Crippen molar-refractivity contribution in [1.82, 2.24) is 5.32 Å². The van der Waals surface area contributed by atoms with E-state index < -0.39 is 11.9 Å². The first-order valence-electron chi connectivity index (χ1n) is 7.46. The van der Waals surface area contributed by atoms with Gasteiger partial charge in [0.1, 0.15) is 5.82 Å². The smallest absolute Gasteiger partial charge is 0.251 e. The molecule has 22 heavy (non-hydrogen) atoms. The van der Waals surface area contributed by atoms with Crippen molar-refractivity contribution in [2.45, 2.75) is 38.8 Å². The van der Waals surface area contributed by atoms with E-state index in [1.165, 1.54) is 24.3 Å². The second-order valence-corrected chi connectivity index (χ2v) is 5.53. The van der Waals surface area contributed by atoms with Gasteiger partial charge in [-0.05, 0) is 51.1 Å². The lowest BCUT2D eigenvalue weighted by Crippen LogP contribution is -2.39. The van der Waals surface area contributed by atoms with E-state index in [1.54, 1.807) is 0 Å². The highest BCUT2D eigenvalue weighted by atomic mass is 19.1. The Morgan fingerprint density at radius 2 is 2.00 bits per heavy atom. The number of nitrogens with zero attached hydrogens (tertiary/aromatic N) is 1. The summed E-state index contributed by atoms with van der Waals surface area (Å²) in [5, 5.41) is 3.08. The van der Waals surface area contributed by atoms with Gasteiger partial charge in [0.05, 0.1) is 24.3 Å². The van der Waals surface area contributed by atoms with Crippen molar-refractivity contribution in [2.75, 3.05) is 18.1 Å². The van der Waals surface area contributed by atoms with E-state index >= 15 is 0 Å². The van der Waals surface area contributed by atoms with Crippen LogP contribution in [0.5, 0.6) is 0 Å². The third-order valence-electron chi connectivity index (χ3n) is 3.39. The Labute approximate surface area is 129 Å². The number of ether oxygens (including phenoxy) is 1. The highest BCUT2D eigenvalue weighted by molar-refractivity contribution is 6.22. The van der Waals surface area contributed by atoms with Gasteiger partial charge in [0.15, 0.2) is 0 Å². The largest absolute Gasteiger partial charge is 0.379 e. The Morgan fingerprint density at radius 1 is 1.32 bits per heavy atom. The predicted molar refractivity (Wildman–Crippen MR) is 81.0 cm³/mol. The zero-order valence-corrected chi connectivity index (χ0v) is 12.8. The van der Waals surface area contributed by atoms with Crippen LogP contribution in [0.15, 0.2) is 24.3 Å². The normalized spacial score (nSPS) is 18.5. The number of benzene rings is 1. The van der Waals surface area contributed by atoms with Crippen molar-refractivity contribution in [1.29, 1.82) is 0 Å². The predicted octanol–water partition coefficient (Wildman–Crippen LogP) is 1.86. The topological polar surface area (TPSA) is 58.6 Å². The molecule has 2 rings (SSSR count). The van der Waals surface area contributed by atoms with Crippen LogP contribution in [-0.2, 0) is 14.3 Å². The van der Waals surface area contributed by atoms with Gasteiger partial charge in [-0.15, -0.1) is 0 Å². The minimum Gasteiger partial charge on any atom is -0.379 e. The molecule has 0 bridgehead atoms. The number of amides is 2. The van der Waals surface area contributed by atoms with Gasteiger partial charge in [-0.3, -0.25) is 9.59 Å². The van der Waals surface area contributed by atoms with Gasteiger partial charge in [0, 0.05) is 6.61 Å². The molecule has 1 atom stereocenters. The van der Waals surface area contributed by atoms with E-state index in [4.69, 9.17) is 4.74 Å². The lowest BCUT2D eigenvalue weighted by Gasteiger charge is -2.15. The Kier molecular flexibility index (Phi) is 5.63. The molecule has 1 saturated heterocycles. The fourth-order valence-corrected chi connectivity index (χ4v) is 2.32. The number of hydrogen-bond acceptors (Lipinski definition) is 4. The summed E-state index contributed by atoms with van der Waals surface area (Å²) in [6.45, 7) is 5.15. The van der Waals surface area contributed by atoms with E-state index in [1.807, 2.05) is 13.8 Å². The third kappa shape index (κ3) is 4.11. The Balaban J connectivity index is 1.87. The summed E-state index contributed by atoms with van der Waals surface area (Å²) in [5.41, 5.74) is 0.406. The average Bonchev–Trinajstić information content (AvgIpc) is 2.74. The molecule has 1 fully saturated rings. The molecule has 1 heterocycles. The maximum atomic E-state index is 12.9. The van der Waals surface area contributed by atoms with Crippen LogP contribution < -0.4 is 10.2 Å². The highest BCUT2D eigenvalue weighted by Crippen LogP contribution is 2.23. The van der Waals surface area contributed by atoms with Gasteiger partial charge >= 0.3 is 0 Å². The summed E-state index contributed by atoms with van der Waals surface area (Å²) < 4.78 is 18.3. The number of carbonyl (C=O) groups excluding carboxylic acids is 2. The van der Waals surface area contributed by atoms with E-state index in [2.05, 4.69) is 5.32 Å². The summed E-state index contributed by atoms with van der Waals surface area (Å²) in [6, 6.07) is 4.82. The van der Waals surface area contributed by atoms with E-state index in [-0.39, 0.29) is 24.3 Å². The fraction of sp³-hybridized carbons (Fsp3) is 0.500. The maximum Gasteiger partial charge on any atom is 0.251 e. The molecule has 1 unspecified atom stereocenters. The van der Waals surface area contributed by atoms with Crippen LogP contribution in [-0.4, -0.2) is 37.1 Å². The molecule has 0 aromatic heterocycles. The summed E-state index contributed by atoms with van der Waals surface area (Å²) in [4.78, 5) is 25.4. The zero-order chi connectivity index (χ0) is 16.1. The Morgan fingerprint density at radius 3 is 2.64 bits per heavy atom. The summed E-state index contributed by atoms with van der Waals surface area (Å²) in [5.74, 6) is -0.961. The van der Waals surface area contributed by atoms with Gasteiger partial charge in [-0.1, -0.05) is 0 Å². The van der Waals surface area contributed by atoms with E-state index in [0.717, 1.165) is 11.3 Å². The van der Waals surface area contributed by atoms with Crippen LogP contribution in [0.2, 0.25) is 0 Å². The van der Waals surface area contributed by atoms with Crippen LogP contribution in [0.3, 0.4) is 0 Å². The molecule has 2 amide bonds. The monoisotopic (exact) mass is 308 g/mol. The summed E-state index contributed by atoms with van der Waals surface area (Å²) >= 11 is 0. The molecule has 0 aliphatic carbocycles. The standard InChI is InChI=1S/C16H21FN2O3/c1-11(2)22-9-3-8-18-14-10-15(20)19(16(14)21)13-6-4-12(17)5-7-13/h4-7,11,14,18H,3,8-10H2,1-2H3. The molecule has 1 N–H and O–H groups in total. The second-order valence-electron chi connectivity index (χ2n) is 5.53. The Bertz CT molecular complexity index is 531. The number of imide groups is 1. The summed E-state index contributed by atoms with van der Waals surface area (Å²) in [6.07, 6.45) is 1.08. The van der Waals surface area contributed by atoms with Gasteiger partial charge in [0.25, 0.3) is 5.91 Å². The molecule has 120 valence electrons. The number of rotatable bonds is 7. The lowest BCUT2D eigenvalue weighted by molar-refractivity contribution is -0.121. The third-order valence-corrected chi connectivity index (χ3v) is 3.39. The molecule has 1 aromatic rings. The quantitative estimate of drug-likeness (QED) is 0.617. The second kappa shape index (κ2) is 7.47. The summed E-state index contributed by atoms with van der Waals surface area (Å²) in [7, 11) is 0. The number of hydrogen-bond donors (Lipinski definition) is 1. The Hall–Kier alpha value is -1.79. The molecule has 1 aliphatic heterocycles. The number of anilines is 1. The van der Waals surface area contributed by atoms with E-state index in [9.17, 15) is 14.0 Å². The van der Waals surface area contributed by atoms with Gasteiger partial charge in [-0.25, -0.2) is 9.29 Å². The van der Waals surface area contributed by atoms with Crippen molar-refractivity contribution in [3.05, 3.63) is 30.1 Å². The van der Waals surface area contributed by atoms with Crippen LogP contribution in [0, 0.1) is 5.82 Å². The molecule has 0 saturated carbocycles. The molecule has 1 aromatic carbocycles. The van der Waals surface area contributed by atoms with E-state index in [0.29, 0.717) is 18.8 Å². The lowest BCUT2D eigenvalue weighted by atomic mass is 10.2. The molecule has 0 spiro atoms. The highest BCUT2D eigenvalue weighted by Gasteiger charge is 2.39. The number of carbonyl (C=O) groups is 2. The van der Waals surface area contributed by atoms with Crippen LogP contribution >= 0.6 is 0 Å². The molecule has 5 nitrogen and oxygen atoms in total. The molecular formula is C16H21FN2O3. The van der Waals surface area contributed by atoms with Crippen molar-refractivity contribution >= 4 is 17.5 Å². The minimum absolute atomic E-state index is 0.126. The molecule has 0 radical (unpaired) electrons. The zero-order valence-electron chi connectivity index (χ0n) is 12.8. The minimum atomic E-state index is -0.517. The van der Waals surface area contributed by atoms with Gasteiger partial charge in [0.2, 0.25) is 5.91 Å². The van der Waals surface area contributed by atoms with Crippen molar-refractivity contribution in [3.8, 4) is 0 Å². The molecule has 6 heteroatoms. The number of halogens is 1. The van der Waals surface area contributed by atoms with Crippen molar-refractivity contribution in [2.24, 2.45) is 0 Å². The number of nitrogens with one attached hydrogen (secondary N) is 1. The first-order valence-corrected chi connectivity index (χ1v) is 7.46. The van der Waals surface area contributed by atoms with Crippen LogP contribution in [0.25, 0.3) is 0 Å². The first kappa shape index (κ1) is 16.6. The van der Waals surface area contributed by atoms with Gasteiger partial charge < -0.3 is 10.1 Å². The molecular weight excluding hydrogens is 287 g/mol. The maximum absolute atomic E-state index is 12.9. The SMILES string of the molecule is CC(C)OCCCNC1CC(=O)N(c2ccc(F)cc2)C1=O. The first-order chi connectivity index (χ1) is 10.5. The van der Waals surface area contributed by atoms with Crippen LogP contribution in [0.4, 0.5) is 10.1 Å². The van der Waals surface area contributed by atoms with Gasteiger partial charge in [-0.2, -0.15) is 0 Å². The fourth-order valence-electron chi connectivity index (χ4n) is 2.32. The van der Waals surface area contributed by atoms with Crippen molar-refractivity contribution in [3.63, 3.8) is 0 Å². The van der Waals surface area contributed by atoms with Crippen LogP contribution in [0.1, 0.15) is 26.7 Å². The van der Waals surface area contributed by atoms with Crippen molar-refractivity contribution < 1.29 is 18.7 Å².